The van der Waals surface area contributed by atoms with Crippen molar-refractivity contribution in [3.63, 3.8) is 0 Å². The molecular formula is C30H50N8O8. The van der Waals surface area contributed by atoms with Crippen molar-refractivity contribution < 1.29 is 39.6 Å². The van der Waals surface area contributed by atoms with Crippen molar-refractivity contribution in [2.75, 3.05) is 105 Å². The average molecular weight is 651 g/mol. The summed E-state index contributed by atoms with van der Waals surface area (Å²) in [6, 6.07) is 8.00. The van der Waals surface area contributed by atoms with Crippen LogP contribution >= 0.6 is 0 Å². The molecule has 258 valence electrons. The predicted molar refractivity (Wildman–Crippen MR) is 170 cm³/mol. The SMILES string of the molecule is Cc1ccc(CNC23CNCCNCC(N)(CN(CC(=O)O)CCN(CC(=O)O)C2)CN(CC(=O)O)CCN(CC(=O)O)C3)cc1. The van der Waals surface area contributed by atoms with Gasteiger partial charge in [0.05, 0.1) is 37.3 Å². The Morgan fingerprint density at radius 1 is 0.696 bits per heavy atom. The van der Waals surface area contributed by atoms with Crippen LogP contribution in [0.4, 0.5) is 0 Å². The third-order valence-electron chi connectivity index (χ3n) is 8.24. The number of carboxylic acid groups (broad SMARTS) is 4. The maximum absolute atomic E-state index is 12.1. The van der Waals surface area contributed by atoms with Crippen molar-refractivity contribution >= 4 is 23.9 Å². The average Bonchev–Trinajstić information content (AvgIpc) is 2.94. The number of nitrogens with two attached hydrogens (primary N) is 1. The van der Waals surface area contributed by atoms with Gasteiger partial charge in [-0.1, -0.05) is 29.8 Å². The van der Waals surface area contributed by atoms with Crippen molar-refractivity contribution in [2.45, 2.75) is 24.5 Å². The van der Waals surface area contributed by atoms with Gasteiger partial charge in [0, 0.05) is 85.1 Å². The van der Waals surface area contributed by atoms with Gasteiger partial charge < -0.3 is 42.1 Å². The van der Waals surface area contributed by atoms with Gasteiger partial charge >= 0.3 is 23.9 Å². The number of carboxylic acids is 4. The molecule has 0 aromatic heterocycles. The number of hydrogen-bond acceptors (Lipinski definition) is 12. The smallest absolute Gasteiger partial charge is 0.317 e. The highest BCUT2D eigenvalue weighted by Gasteiger charge is 2.38. The standard InChI is InChI=1S/C30H50N8O8/c1-23-2-4-24(5-3-23)12-34-30-18-33-7-6-32-17-29(31,19-35(13-25(39)40)8-10-37(21-30)15-27(43)44)20-36(14-26(41)42)9-11-38(22-30)16-28(45)46/h2-5,32-34H,6-22,31H2,1H3,(H,39,40)(H,41,42)(H,43,44)(H,45,46). The molecule has 0 spiro atoms. The summed E-state index contributed by atoms with van der Waals surface area (Å²) in [7, 11) is 0. The number of nitrogens with one attached hydrogen (secondary N) is 3. The molecule has 9 N–H and O–H groups in total. The van der Waals surface area contributed by atoms with Crippen LogP contribution in [0.25, 0.3) is 0 Å². The molecule has 1 aromatic carbocycles. The van der Waals surface area contributed by atoms with Crippen molar-refractivity contribution in [1.29, 1.82) is 0 Å². The highest BCUT2D eigenvalue weighted by molar-refractivity contribution is 5.70. The minimum Gasteiger partial charge on any atom is -0.480 e. The third-order valence-corrected chi connectivity index (χ3v) is 8.24. The van der Waals surface area contributed by atoms with Crippen molar-refractivity contribution in [1.82, 2.24) is 35.6 Å². The molecule has 0 amide bonds. The van der Waals surface area contributed by atoms with Crippen molar-refractivity contribution in [3.05, 3.63) is 35.4 Å². The lowest BCUT2D eigenvalue weighted by molar-refractivity contribution is -0.141. The van der Waals surface area contributed by atoms with Crippen LogP contribution < -0.4 is 21.7 Å². The topological polar surface area (TPSA) is 224 Å². The Morgan fingerprint density at radius 2 is 1.09 bits per heavy atom. The van der Waals surface area contributed by atoms with Crippen LogP contribution in [0.15, 0.2) is 24.3 Å². The summed E-state index contributed by atoms with van der Waals surface area (Å²) in [4.78, 5) is 54.8. The Hall–Kier alpha value is -3.22. The second-order valence-electron chi connectivity index (χ2n) is 12.8. The van der Waals surface area contributed by atoms with E-state index in [1.165, 1.54) is 0 Å². The minimum atomic E-state index is -1.08. The molecule has 0 atom stereocenters. The van der Waals surface area contributed by atoms with E-state index in [1.54, 1.807) is 19.6 Å². The molecule has 2 bridgehead atoms. The molecule has 0 saturated carbocycles. The Kier molecular flexibility index (Phi) is 14.3. The molecule has 4 rings (SSSR count). The fraction of sp³-hybridized carbons (Fsp3) is 0.667. The van der Waals surface area contributed by atoms with Crippen molar-refractivity contribution in [2.24, 2.45) is 5.73 Å². The van der Waals surface area contributed by atoms with Crippen LogP contribution in [-0.2, 0) is 25.7 Å². The van der Waals surface area contributed by atoms with E-state index in [0.29, 0.717) is 26.2 Å². The lowest BCUT2D eigenvalue weighted by Crippen LogP contribution is -2.67. The molecule has 3 aliphatic rings. The van der Waals surface area contributed by atoms with Crippen LogP contribution in [0.3, 0.4) is 0 Å². The predicted octanol–water partition coefficient (Wildman–Crippen LogP) is -2.73. The quantitative estimate of drug-likeness (QED) is 0.122. The first-order valence-corrected chi connectivity index (χ1v) is 15.5. The number of benzene rings is 1. The van der Waals surface area contributed by atoms with Gasteiger partial charge in [0.2, 0.25) is 0 Å². The molecule has 3 fully saturated rings. The van der Waals surface area contributed by atoms with Crippen LogP contribution in [-0.4, -0.2) is 180 Å². The number of aryl methyl sites for hydroxylation is 1. The van der Waals surface area contributed by atoms with E-state index in [1.807, 2.05) is 31.2 Å². The summed E-state index contributed by atoms with van der Waals surface area (Å²) in [6.45, 7) is 4.18. The Balaban J connectivity index is 2.12. The second kappa shape index (κ2) is 17.6. The zero-order chi connectivity index (χ0) is 33.7. The monoisotopic (exact) mass is 650 g/mol. The first-order chi connectivity index (χ1) is 21.7. The van der Waals surface area contributed by atoms with E-state index in [9.17, 15) is 39.6 Å². The Labute approximate surface area is 269 Å². The molecule has 46 heavy (non-hydrogen) atoms. The van der Waals surface area contributed by atoms with E-state index < -0.39 is 35.0 Å². The summed E-state index contributed by atoms with van der Waals surface area (Å²) in [6.07, 6.45) is 0. The molecule has 0 radical (unpaired) electrons. The van der Waals surface area contributed by atoms with E-state index in [-0.39, 0.29) is 85.1 Å². The zero-order valence-corrected chi connectivity index (χ0v) is 26.6. The Morgan fingerprint density at radius 3 is 1.50 bits per heavy atom. The molecule has 3 heterocycles. The highest BCUT2D eigenvalue weighted by Crippen LogP contribution is 2.16. The van der Waals surface area contributed by atoms with Crippen molar-refractivity contribution in [3.8, 4) is 0 Å². The molecule has 0 aliphatic carbocycles. The molecule has 1 aromatic rings. The van der Waals surface area contributed by atoms with Gasteiger partial charge in [0.25, 0.3) is 0 Å². The van der Waals surface area contributed by atoms with Gasteiger partial charge in [-0.15, -0.1) is 0 Å². The largest absolute Gasteiger partial charge is 0.480 e. The van der Waals surface area contributed by atoms with E-state index in [4.69, 9.17) is 5.73 Å². The molecule has 3 aliphatic heterocycles. The molecule has 16 nitrogen and oxygen atoms in total. The minimum absolute atomic E-state index is 0.104. The summed E-state index contributed by atoms with van der Waals surface area (Å²) in [5.41, 5.74) is 7.07. The first kappa shape index (κ1) is 37.2. The molecule has 3 saturated heterocycles. The van der Waals surface area contributed by atoms with Gasteiger partial charge in [-0.3, -0.25) is 38.8 Å². The van der Waals surface area contributed by atoms with E-state index >= 15 is 0 Å². The van der Waals surface area contributed by atoms with E-state index in [0.717, 1.165) is 11.1 Å². The number of nitrogens with zero attached hydrogens (tertiary/aromatic N) is 4. The summed E-state index contributed by atoms with van der Waals surface area (Å²) in [5.74, 6) is -4.22. The summed E-state index contributed by atoms with van der Waals surface area (Å²) in [5, 5.41) is 49.7. The van der Waals surface area contributed by atoms with Crippen LogP contribution in [0.5, 0.6) is 0 Å². The van der Waals surface area contributed by atoms with Gasteiger partial charge in [0.15, 0.2) is 0 Å². The number of fused-ring (bicyclic) bond motifs is 15. The van der Waals surface area contributed by atoms with Gasteiger partial charge in [-0.05, 0) is 12.5 Å². The fourth-order valence-electron chi connectivity index (χ4n) is 6.27. The lowest BCUT2D eigenvalue weighted by Gasteiger charge is -2.45. The Bertz CT molecular complexity index is 1120. The fourth-order valence-corrected chi connectivity index (χ4v) is 6.27. The van der Waals surface area contributed by atoms with Crippen LogP contribution in [0, 0.1) is 6.92 Å². The van der Waals surface area contributed by atoms with Crippen LogP contribution in [0.2, 0.25) is 0 Å². The maximum Gasteiger partial charge on any atom is 0.317 e. The van der Waals surface area contributed by atoms with Gasteiger partial charge in [0.1, 0.15) is 0 Å². The number of carbonyl (C=O) groups is 4. The number of aliphatic carboxylic acids is 4. The zero-order valence-electron chi connectivity index (χ0n) is 26.6. The highest BCUT2D eigenvalue weighted by atomic mass is 16.4. The second-order valence-corrected chi connectivity index (χ2v) is 12.8. The number of rotatable bonds is 11. The maximum atomic E-state index is 12.1. The summed E-state index contributed by atoms with van der Waals surface area (Å²) >= 11 is 0. The molecule has 0 unspecified atom stereocenters. The first-order valence-electron chi connectivity index (χ1n) is 15.5. The normalized spacial score (nSPS) is 25.4. The van der Waals surface area contributed by atoms with Crippen LogP contribution in [0.1, 0.15) is 11.1 Å². The third kappa shape index (κ3) is 13.3. The lowest BCUT2D eigenvalue weighted by atomic mass is 9.95. The van der Waals surface area contributed by atoms with E-state index in [2.05, 4.69) is 16.0 Å². The van der Waals surface area contributed by atoms with Gasteiger partial charge in [-0.2, -0.15) is 0 Å². The van der Waals surface area contributed by atoms with Gasteiger partial charge in [-0.25, -0.2) is 0 Å². The molecular weight excluding hydrogens is 600 g/mol. The molecule has 16 heteroatoms. The summed E-state index contributed by atoms with van der Waals surface area (Å²) < 4.78 is 0. The number of hydrogen-bond donors (Lipinski definition) is 8.